The molecule has 154 valence electrons. The maximum atomic E-state index is 12.3. The number of methoxy groups -OCH3 is 2. The topological polar surface area (TPSA) is 100 Å². The second kappa shape index (κ2) is 10.7. The lowest BCUT2D eigenvalue weighted by molar-refractivity contribution is -0.141. The van der Waals surface area contributed by atoms with Crippen molar-refractivity contribution in [2.45, 2.75) is 6.92 Å². The zero-order valence-corrected chi connectivity index (χ0v) is 16.5. The first-order valence-corrected chi connectivity index (χ1v) is 8.91. The Kier molecular flexibility index (Phi) is 8.02. The van der Waals surface area contributed by atoms with Gasteiger partial charge in [0.05, 0.1) is 32.0 Å². The average Bonchev–Trinajstić information content (AvgIpc) is 2.75. The minimum Gasteiger partial charge on any atom is -0.497 e. The van der Waals surface area contributed by atoms with Crippen LogP contribution in [0.1, 0.15) is 27.6 Å². The van der Waals surface area contributed by atoms with Crippen molar-refractivity contribution in [2.24, 2.45) is 0 Å². The number of esters is 1. The Balaban J connectivity index is 1.89. The van der Waals surface area contributed by atoms with Gasteiger partial charge in [0.2, 0.25) is 5.78 Å². The standard InChI is InChI=1S/C21H23NO7/c1-4-28-18-8-6-5-7-16(18)21(25)22-12-20(24)29-13-17(23)15-10-9-14(26-2)11-19(15)27-3/h5-11H,4,12-13H2,1-3H3,(H,22,25). The summed E-state index contributed by atoms with van der Waals surface area (Å²) in [6, 6.07) is 11.4. The van der Waals surface area contributed by atoms with Gasteiger partial charge in [-0.15, -0.1) is 0 Å². The first-order chi connectivity index (χ1) is 14.0. The van der Waals surface area contributed by atoms with Gasteiger partial charge < -0.3 is 24.3 Å². The lowest BCUT2D eigenvalue weighted by Gasteiger charge is -2.11. The number of ether oxygens (including phenoxy) is 4. The van der Waals surface area contributed by atoms with Crippen molar-refractivity contribution in [3.05, 3.63) is 53.6 Å². The van der Waals surface area contributed by atoms with E-state index >= 15 is 0 Å². The molecule has 0 radical (unpaired) electrons. The van der Waals surface area contributed by atoms with Crippen LogP contribution >= 0.6 is 0 Å². The molecule has 0 aliphatic heterocycles. The molecule has 0 fully saturated rings. The number of Topliss-reactive ketones (excluding diaryl/α,β-unsaturated/α-hetero) is 1. The van der Waals surface area contributed by atoms with Gasteiger partial charge in [0, 0.05) is 6.07 Å². The normalized spacial score (nSPS) is 10.0. The lowest BCUT2D eigenvalue weighted by Crippen LogP contribution is -2.31. The van der Waals surface area contributed by atoms with E-state index in [-0.39, 0.29) is 12.1 Å². The number of hydrogen-bond donors (Lipinski definition) is 1. The zero-order valence-electron chi connectivity index (χ0n) is 16.5. The highest BCUT2D eigenvalue weighted by Crippen LogP contribution is 2.25. The van der Waals surface area contributed by atoms with Gasteiger partial charge in [-0.05, 0) is 31.2 Å². The highest BCUT2D eigenvalue weighted by Gasteiger charge is 2.17. The van der Waals surface area contributed by atoms with Crippen molar-refractivity contribution in [2.75, 3.05) is 34.0 Å². The van der Waals surface area contributed by atoms with Crippen LogP contribution in [0.2, 0.25) is 0 Å². The third kappa shape index (κ3) is 5.97. The molecule has 0 saturated carbocycles. The van der Waals surface area contributed by atoms with E-state index in [4.69, 9.17) is 18.9 Å². The van der Waals surface area contributed by atoms with Crippen LogP contribution in [0, 0.1) is 0 Å². The molecule has 8 heteroatoms. The van der Waals surface area contributed by atoms with Crippen molar-refractivity contribution in [3.63, 3.8) is 0 Å². The molecule has 0 aromatic heterocycles. The van der Waals surface area contributed by atoms with Gasteiger partial charge in [0.15, 0.2) is 6.61 Å². The van der Waals surface area contributed by atoms with Crippen LogP contribution < -0.4 is 19.5 Å². The minimum atomic E-state index is -0.743. The molecule has 0 unspecified atom stereocenters. The van der Waals surface area contributed by atoms with Crippen LogP contribution in [-0.2, 0) is 9.53 Å². The molecule has 0 bridgehead atoms. The predicted octanol–water partition coefficient (Wildman–Crippen LogP) is 2.26. The number of nitrogens with one attached hydrogen (secondary N) is 1. The third-order valence-electron chi connectivity index (χ3n) is 3.90. The second-order valence-electron chi connectivity index (χ2n) is 5.76. The van der Waals surface area contributed by atoms with Gasteiger partial charge in [-0.2, -0.15) is 0 Å². The molecule has 0 saturated heterocycles. The third-order valence-corrected chi connectivity index (χ3v) is 3.90. The largest absolute Gasteiger partial charge is 0.497 e. The predicted molar refractivity (Wildman–Crippen MR) is 105 cm³/mol. The molecule has 2 aromatic rings. The monoisotopic (exact) mass is 401 g/mol. The van der Waals surface area contributed by atoms with E-state index in [0.29, 0.717) is 29.4 Å². The van der Waals surface area contributed by atoms with Crippen molar-refractivity contribution >= 4 is 17.7 Å². The summed E-state index contributed by atoms with van der Waals surface area (Å²) in [5, 5.41) is 2.45. The molecule has 0 aliphatic carbocycles. The SMILES string of the molecule is CCOc1ccccc1C(=O)NCC(=O)OCC(=O)c1ccc(OC)cc1OC. The Bertz CT molecular complexity index is 879. The van der Waals surface area contributed by atoms with Crippen LogP contribution in [0.4, 0.5) is 0 Å². The van der Waals surface area contributed by atoms with Crippen LogP contribution in [0.15, 0.2) is 42.5 Å². The average molecular weight is 401 g/mol. The highest BCUT2D eigenvalue weighted by molar-refractivity contribution is 6.01. The quantitative estimate of drug-likeness (QED) is 0.481. The maximum absolute atomic E-state index is 12.3. The summed E-state index contributed by atoms with van der Waals surface area (Å²) in [5.41, 5.74) is 0.567. The van der Waals surface area contributed by atoms with E-state index in [1.807, 2.05) is 0 Å². The van der Waals surface area contributed by atoms with Gasteiger partial charge >= 0.3 is 5.97 Å². The number of ketones is 1. The molecular weight excluding hydrogens is 378 g/mol. The van der Waals surface area contributed by atoms with Crippen molar-refractivity contribution in [1.82, 2.24) is 5.32 Å². The summed E-state index contributed by atoms with van der Waals surface area (Å²) in [6.45, 7) is 1.35. The van der Waals surface area contributed by atoms with Gasteiger partial charge in [-0.3, -0.25) is 14.4 Å². The molecule has 29 heavy (non-hydrogen) atoms. The lowest BCUT2D eigenvalue weighted by atomic mass is 10.1. The molecule has 0 spiro atoms. The number of hydrogen-bond acceptors (Lipinski definition) is 7. The Morgan fingerprint density at radius 2 is 1.69 bits per heavy atom. The van der Waals surface area contributed by atoms with E-state index in [1.54, 1.807) is 43.3 Å². The molecule has 2 rings (SSSR count). The van der Waals surface area contributed by atoms with E-state index in [0.717, 1.165) is 0 Å². The van der Waals surface area contributed by atoms with E-state index in [2.05, 4.69) is 5.32 Å². The summed E-state index contributed by atoms with van der Waals surface area (Å²) < 4.78 is 20.6. The van der Waals surface area contributed by atoms with E-state index in [1.165, 1.54) is 20.3 Å². The molecule has 1 N–H and O–H groups in total. The minimum absolute atomic E-state index is 0.260. The molecule has 0 aliphatic rings. The smallest absolute Gasteiger partial charge is 0.325 e. The fraction of sp³-hybridized carbons (Fsp3) is 0.286. The maximum Gasteiger partial charge on any atom is 0.325 e. The molecule has 2 aromatic carbocycles. The van der Waals surface area contributed by atoms with Crippen LogP contribution in [0.25, 0.3) is 0 Å². The number of para-hydroxylation sites is 1. The van der Waals surface area contributed by atoms with Crippen LogP contribution in [-0.4, -0.2) is 51.6 Å². The summed E-state index contributed by atoms with van der Waals surface area (Å²) in [5.74, 6) is -0.396. The van der Waals surface area contributed by atoms with Crippen LogP contribution in [0.3, 0.4) is 0 Å². The zero-order chi connectivity index (χ0) is 21.2. The highest BCUT2D eigenvalue weighted by atomic mass is 16.5. The fourth-order valence-corrected chi connectivity index (χ4v) is 2.49. The molecule has 0 atom stereocenters. The first kappa shape index (κ1) is 21.7. The van der Waals surface area contributed by atoms with Crippen molar-refractivity contribution < 1.29 is 33.3 Å². The summed E-state index contributed by atoms with van der Waals surface area (Å²) in [6.07, 6.45) is 0. The number of benzene rings is 2. The number of carbonyl (C=O) groups is 3. The van der Waals surface area contributed by atoms with Crippen molar-refractivity contribution in [3.8, 4) is 17.2 Å². The number of carbonyl (C=O) groups excluding carboxylic acids is 3. The Labute approximate surface area is 168 Å². The fourth-order valence-electron chi connectivity index (χ4n) is 2.49. The molecule has 1 amide bonds. The van der Waals surface area contributed by atoms with Gasteiger partial charge in [-0.1, -0.05) is 12.1 Å². The van der Waals surface area contributed by atoms with Gasteiger partial charge in [0.1, 0.15) is 23.8 Å². The molecule has 0 heterocycles. The first-order valence-electron chi connectivity index (χ1n) is 8.91. The number of amides is 1. The van der Waals surface area contributed by atoms with Crippen LogP contribution in [0.5, 0.6) is 17.2 Å². The Hall–Kier alpha value is -3.55. The van der Waals surface area contributed by atoms with E-state index < -0.39 is 24.3 Å². The Morgan fingerprint density at radius 3 is 2.38 bits per heavy atom. The summed E-state index contributed by atoms with van der Waals surface area (Å²) in [4.78, 5) is 36.5. The van der Waals surface area contributed by atoms with E-state index in [9.17, 15) is 14.4 Å². The summed E-state index contributed by atoms with van der Waals surface area (Å²) in [7, 11) is 2.92. The Morgan fingerprint density at radius 1 is 0.931 bits per heavy atom. The van der Waals surface area contributed by atoms with Crippen molar-refractivity contribution in [1.29, 1.82) is 0 Å². The summed E-state index contributed by atoms with van der Waals surface area (Å²) >= 11 is 0. The molecule has 8 nitrogen and oxygen atoms in total. The van der Waals surface area contributed by atoms with Gasteiger partial charge in [0.25, 0.3) is 5.91 Å². The second-order valence-corrected chi connectivity index (χ2v) is 5.76. The molecular formula is C21H23NO7. The van der Waals surface area contributed by atoms with Gasteiger partial charge in [-0.25, -0.2) is 0 Å². The number of rotatable bonds is 10.